The Labute approximate surface area is 113 Å². The summed E-state index contributed by atoms with van der Waals surface area (Å²) in [4.78, 5) is 0. The van der Waals surface area contributed by atoms with Crippen LogP contribution in [0.25, 0.3) is 0 Å². The summed E-state index contributed by atoms with van der Waals surface area (Å²) in [5, 5.41) is 9.87. The highest BCUT2D eigenvalue weighted by atomic mass is 127. The molecule has 0 spiro atoms. The van der Waals surface area contributed by atoms with Gasteiger partial charge in [0.15, 0.2) is 0 Å². The second kappa shape index (κ2) is 5.29. The zero-order valence-corrected chi connectivity index (χ0v) is 12.2. The molecule has 5 heteroatoms. The number of halogens is 1. The maximum absolute atomic E-state index is 4.31. The van der Waals surface area contributed by atoms with Crippen molar-refractivity contribution < 1.29 is 0 Å². The van der Waals surface area contributed by atoms with Crippen molar-refractivity contribution >= 4 is 33.9 Å². The normalized spacial score (nSPS) is 12.9. The molecule has 0 aliphatic rings. The third-order valence-corrected chi connectivity index (χ3v) is 4.36. The first kappa shape index (κ1) is 12.1. The van der Waals surface area contributed by atoms with Crippen LogP contribution in [0.2, 0.25) is 0 Å². The lowest BCUT2D eigenvalue weighted by molar-refractivity contribution is 0.564. The summed E-state index contributed by atoms with van der Waals surface area (Å²) in [7, 11) is 1.99. The topological polar surface area (TPSA) is 29.9 Å². The van der Waals surface area contributed by atoms with Crippen LogP contribution in [-0.4, -0.2) is 16.8 Å². The smallest absolute Gasteiger partial charge is 0.0754 e. The molecule has 1 atom stereocenters. The van der Waals surface area contributed by atoms with Crippen molar-refractivity contribution in [1.29, 1.82) is 0 Å². The molecule has 0 radical (unpaired) electrons. The molecule has 0 saturated heterocycles. The van der Waals surface area contributed by atoms with Gasteiger partial charge >= 0.3 is 0 Å². The molecule has 3 nitrogen and oxygen atoms in total. The Bertz CT molecular complexity index is 463. The van der Waals surface area contributed by atoms with E-state index in [1.165, 1.54) is 14.1 Å². The third-order valence-electron chi connectivity index (χ3n) is 2.55. The van der Waals surface area contributed by atoms with E-state index in [4.69, 9.17) is 0 Å². The average molecular weight is 347 g/mol. The number of hydrogen-bond acceptors (Lipinski definition) is 3. The Kier molecular flexibility index (Phi) is 3.99. The summed E-state index contributed by atoms with van der Waals surface area (Å²) in [6.45, 7) is 3.02. The third kappa shape index (κ3) is 2.31. The molecule has 2 heterocycles. The fourth-order valence-corrected chi connectivity index (χ4v) is 3.21. The van der Waals surface area contributed by atoms with Gasteiger partial charge in [0.1, 0.15) is 0 Å². The van der Waals surface area contributed by atoms with Crippen LogP contribution in [0.15, 0.2) is 23.7 Å². The van der Waals surface area contributed by atoms with Crippen LogP contribution in [0.1, 0.15) is 24.2 Å². The van der Waals surface area contributed by atoms with Gasteiger partial charge in [-0.3, -0.25) is 4.68 Å². The highest BCUT2D eigenvalue weighted by Crippen LogP contribution is 2.26. The van der Waals surface area contributed by atoms with Gasteiger partial charge in [0.05, 0.1) is 14.6 Å². The molecule has 2 aromatic heterocycles. The van der Waals surface area contributed by atoms with Crippen molar-refractivity contribution in [2.75, 3.05) is 7.05 Å². The second-order valence-electron chi connectivity index (χ2n) is 3.48. The summed E-state index contributed by atoms with van der Waals surface area (Å²) >= 11 is 4.13. The van der Waals surface area contributed by atoms with Crippen LogP contribution in [0, 0.1) is 2.88 Å². The Hall–Kier alpha value is -0.400. The molecule has 2 aromatic rings. The van der Waals surface area contributed by atoms with Crippen molar-refractivity contribution in [2.45, 2.75) is 19.5 Å². The van der Waals surface area contributed by atoms with Gasteiger partial charge in [-0.2, -0.15) is 5.10 Å². The molecule has 86 valence electrons. The zero-order chi connectivity index (χ0) is 11.5. The summed E-state index contributed by atoms with van der Waals surface area (Å²) < 4.78 is 3.35. The maximum Gasteiger partial charge on any atom is 0.0754 e. The molecule has 0 aliphatic carbocycles. The number of nitrogens with one attached hydrogen (secondary N) is 1. The van der Waals surface area contributed by atoms with Gasteiger partial charge in [-0.15, -0.1) is 11.3 Å². The Morgan fingerprint density at radius 2 is 2.44 bits per heavy atom. The zero-order valence-electron chi connectivity index (χ0n) is 9.27. The van der Waals surface area contributed by atoms with E-state index < -0.39 is 0 Å². The highest BCUT2D eigenvalue weighted by molar-refractivity contribution is 14.1. The minimum atomic E-state index is 0.238. The number of nitrogens with zero attached hydrogens (tertiary/aromatic N) is 2. The molecule has 16 heavy (non-hydrogen) atoms. The molecule has 2 rings (SSSR count). The van der Waals surface area contributed by atoms with Gasteiger partial charge in [0, 0.05) is 12.7 Å². The second-order valence-corrected chi connectivity index (χ2v) is 6.28. The van der Waals surface area contributed by atoms with Gasteiger partial charge in [0.2, 0.25) is 0 Å². The van der Waals surface area contributed by atoms with Crippen LogP contribution in [0.4, 0.5) is 0 Å². The van der Waals surface area contributed by atoms with E-state index in [-0.39, 0.29) is 6.04 Å². The molecule has 0 aliphatic heterocycles. The Morgan fingerprint density at radius 1 is 1.62 bits per heavy atom. The number of rotatable bonds is 4. The van der Waals surface area contributed by atoms with Gasteiger partial charge < -0.3 is 5.32 Å². The number of hydrogen-bond donors (Lipinski definition) is 1. The lowest BCUT2D eigenvalue weighted by atomic mass is 10.1. The Balaban J connectivity index is 2.36. The van der Waals surface area contributed by atoms with Crippen LogP contribution in [0.5, 0.6) is 0 Å². The van der Waals surface area contributed by atoms with E-state index in [9.17, 15) is 0 Å². The average Bonchev–Trinajstić information content (AvgIpc) is 2.89. The standard InChI is InChI=1S/C11H14IN3S/c1-3-15-9(4-5-14-15)11(13-2)8-6-10(12)16-7-8/h4-7,11,13H,3H2,1-2H3. The molecule has 0 bridgehead atoms. The number of aromatic nitrogens is 2. The molecule has 1 unspecified atom stereocenters. The quantitative estimate of drug-likeness (QED) is 0.862. The fourth-order valence-electron chi connectivity index (χ4n) is 1.81. The first-order valence-electron chi connectivity index (χ1n) is 5.19. The molecular formula is C11H14IN3S. The highest BCUT2D eigenvalue weighted by Gasteiger charge is 2.16. The van der Waals surface area contributed by atoms with E-state index in [1.54, 1.807) is 11.3 Å². The summed E-state index contributed by atoms with van der Waals surface area (Å²) in [5.41, 5.74) is 2.53. The Morgan fingerprint density at radius 3 is 3.00 bits per heavy atom. The molecule has 0 fully saturated rings. The van der Waals surface area contributed by atoms with Crippen molar-refractivity contribution in [1.82, 2.24) is 15.1 Å². The van der Waals surface area contributed by atoms with Crippen LogP contribution in [-0.2, 0) is 6.54 Å². The lowest BCUT2D eigenvalue weighted by Gasteiger charge is -2.16. The van der Waals surface area contributed by atoms with Crippen molar-refractivity contribution in [2.24, 2.45) is 0 Å². The molecule has 1 N–H and O–H groups in total. The van der Waals surface area contributed by atoms with E-state index in [1.807, 2.05) is 17.9 Å². The number of aryl methyl sites for hydroxylation is 1. The lowest BCUT2D eigenvalue weighted by Crippen LogP contribution is -2.20. The SMILES string of the molecule is CCn1nccc1C(NC)c1csc(I)c1. The fraction of sp³-hybridized carbons (Fsp3) is 0.364. The van der Waals surface area contributed by atoms with Gasteiger partial charge in [-0.25, -0.2) is 0 Å². The van der Waals surface area contributed by atoms with Crippen molar-refractivity contribution in [3.05, 3.63) is 37.9 Å². The van der Waals surface area contributed by atoms with E-state index in [0.29, 0.717) is 0 Å². The summed E-state index contributed by atoms with van der Waals surface area (Å²) in [6, 6.07) is 4.54. The van der Waals surface area contributed by atoms with E-state index in [2.05, 4.69) is 57.4 Å². The van der Waals surface area contributed by atoms with Crippen LogP contribution in [0.3, 0.4) is 0 Å². The first-order chi connectivity index (χ1) is 7.76. The largest absolute Gasteiger partial charge is 0.308 e. The molecular weight excluding hydrogens is 333 g/mol. The van der Waals surface area contributed by atoms with Crippen molar-refractivity contribution in [3.8, 4) is 0 Å². The molecule has 0 aromatic carbocycles. The minimum absolute atomic E-state index is 0.238. The maximum atomic E-state index is 4.31. The van der Waals surface area contributed by atoms with E-state index in [0.717, 1.165) is 6.54 Å². The molecule has 0 amide bonds. The van der Waals surface area contributed by atoms with Gasteiger partial charge in [-0.05, 0) is 59.6 Å². The summed E-state index contributed by atoms with van der Waals surface area (Å²) in [5.74, 6) is 0. The minimum Gasteiger partial charge on any atom is -0.308 e. The summed E-state index contributed by atoms with van der Waals surface area (Å²) in [6.07, 6.45) is 1.86. The molecule has 0 saturated carbocycles. The van der Waals surface area contributed by atoms with Crippen LogP contribution < -0.4 is 5.32 Å². The van der Waals surface area contributed by atoms with Crippen molar-refractivity contribution in [3.63, 3.8) is 0 Å². The number of thiophene rings is 1. The van der Waals surface area contributed by atoms with Gasteiger partial charge in [-0.1, -0.05) is 0 Å². The predicted molar refractivity (Wildman–Crippen MR) is 75.8 cm³/mol. The van der Waals surface area contributed by atoms with Gasteiger partial charge in [0.25, 0.3) is 0 Å². The van der Waals surface area contributed by atoms with Crippen LogP contribution >= 0.6 is 33.9 Å². The first-order valence-corrected chi connectivity index (χ1v) is 7.15. The monoisotopic (exact) mass is 347 g/mol. The van der Waals surface area contributed by atoms with E-state index >= 15 is 0 Å². The predicted octanol–water partition coefficient (Wildman–Crippen LogP) is 2.88.